The molecule has 3 rings (SSSR count). The van der Waals surface area contributed by atoms with Gasteiger partial charge in [-0.1, -0.05) is 42.1 Å². The van der Waals surface area contributed by atoms with Crippen molar-refractivity contribution in [2.45, 2.75) is 5.16 Å². The van der Waals surface area contributed by atoms with E-state index in [9.17, 15) is 9.18 Å². The fourth-order valence-corrected chi connectivity index (χ4v) is 2.82. The molecule has 0 saturated carbocycles. The Morgan fingerprint density at radius 3 is 2.62 bits per heavy atom. The average Bonchev–Trinajstić information content (AvgIpc) is 3.09. The van der Waals surface area contributed by atoms with Crippen LogP contribution in [0.4, 0.5) is 10.1 Å². The number of rotatable bonds is 5. The Kier molecular flexibility index (Phi) is 4.90. The number of amides is 1. The SMILES string of the molecule is CN(C(=O)CSc1n[nH]c(-c2ccccc2F)n1)c1ccccc1. The Bertz CT molecular complexity index is 837. The highest BCUT2D eigenvalue weighted by molar-refractivity contribution is 7.99. The third kappa shape index (κ3) is 3.62. The van der Waals surface area contributed by atoms with Gasteiger partial charge in [0.05, 0.1) is 11.3 Å². The molecule has 0 aliphatic rings. The highest BCUT2D eigenvalue weighted by Crippen LogP contribution is 2.22. The lowest BCUT2D eigenvalue weighted by Crippen LogP contribution is -2.27. The van der Waals surface area contributed by atoms with Gasteiger partial charge < -0.3 is 4.90 Å². The van der Waals surface area contributed by atoms with E-state index in [0.717, 1.165) is 5.69 Å². The molecule has 0 radical (unpaired) electrons. The van der Waals surface area contributed by atoms with Crippen LogP contribution in [0, 0.1) is 5.82 Å². The number of hydrogen-bond acceptors (Lipinski definition) is 4. The molecule has 0 saturated heterocycles. The fraction of sp³-hybridized carbons (Fsp3) is 0.118. The van der Waals surface area contributed by atoms with E-state index in [2.05, 4.69) is 15.2 Å². The van der Waals surface area contributed by atoms with E-state index in [1.165, 1.54) is 17.8 Å². The summed E-state index contributed by atoms with van der Waals surface area (Å²) in [5, 5.41) is 7.13. The first kappa shape index (κ1) is 16.2. The zero-order valence-corrected chi connectivity index (χ0v) is 13.8. The predicted octanol–water partition coefficient (Wildman–Crippen LogP) is 3.37. The molecular formula is C17H15FN4OS. The number of para-hydroxylation sites is 1. The molecule has 0 bridgehead atoms. The van der Waals surface area contributed by atoms with Crippen LogP contribution >= 0.6 is 11.8 Å². The number of nitrogens with one attached hydrogen (secondary N) is 1. The average molecular weight is 342 g/mol. The first-order chi connectivity index (χ1) is 11.6. The van der Waals surface area contributed by atoms with Crippen molar-refractivity contribution in [1.82, 2.24) is 15.2 Å². The monoisotopic (exact) mass is 342 g/mol. The Morgan fingerprint density at radius 2 is 1.88 bits per heavy atom. The second-order valence-electron chi connectivity index (χ2n) is 5.02. The van der Waals surface area contributed by atoms with Crippen LogP contribution in [0.1, 0.15) is 0 Å². The van der Waals surface area contributed by atoms with E-state index in [1.807, 2.05) is 30.3 Å². The summed E-state index contributed by atoms with van der Waals surface area (Å²) >= 11 is 1.21. The van der Waals surface area contributed by atoms with Crippen molar-refractivity contribution in [3.8, 4) is 11.4 Å². The van der Waals surface area contributed by atoms with Crippen molar-refractivity contribution in [1.29, 1.82) is 0 Å². The Hall–Kier alpha value is -2.67. The molecule has 122 valence electrons. The molecule has 7 heteroatoms. The number of nitrogens with zero attached hydrogens (tertiary/aromatic N) is 3. The number of halogens is 1. The number of thioether (sulfide) groups is 1. The van der Waals surface area contributed by atoms with Gasteiger partial charge in [0.1, 0.15) is 5.82 Å². The van der Waals surface area contributed by atoms with Crippen molar-refractivity contribution >= 4 is 23.4 Å². The number of aromatic amines is 1. The maximum Gasteiger partial charge on any atom is 0.237 e. The number of carbonyl (C=O) groups is 1. The number of anilines is 1. The molecule has 0 aliphatic heterocycles. The topological polar surface area (TPSA) is 61.9 Å². The van der Waals surface area contributed by atoms with Crippen LogP contribution in [0.25, 0.3) is 11.4 Å². The molecule has 0 aliphatic carbocycles. The highest BCUT2D eigenvalue weighted by atomic mass is 32.2. The number of aromatic nitrogens is 3. The molecule has 3 aromatic rings. The van der Waals surface area contributed by atoms with E-state index in [0.29, 0.717) is 16.5 Å². The second-order valence-corrected chi connectivity index (χ2v) is 5.97. The minimum absolute atomic E-state index is 0.0663. The van der Waals surface area contributed by atoms with Gasteiger partial charge in [-0.25, -0.2) is 9.37 Å². The van der Waals surface area contributed by atoms with Crippen molar-refractivity contribution in [2.75, 3.05) is 17.7 Å². The highest BCUT2D eigenvalue weighted by Gasteiger charge is 2.14. The minimum Gasteiger partial charge on any atom is -0.315 e. The molecule has 0 fully saturated rings. The van der Waals surface area contributed by atoms with Crippen molar-refractivity contribution in [3.05, 3.63) is 60.4 Å². The van der Waals surface area contributed by atoms with E-state index < -0.39 is 0 Å². The maximum atomic E-state index is 13.7. The molecular weight excluding hydrogens is 327 g/mol. The molecule has 1 heterocycles. The van der Waals surface area contributed by atoms with Gasteiger partial charge in [-0.15, -0.1) is 5.10 Å². The third-order valence-electron chi connectivity index (χ3n) is 3.44. The number of benzene rings is 2. The second kappa shape index (κ2) is 7.27. The van der Waals surface area contributed by atoms with E-state index in [4.69, 9.17) is 0 Å². The van der Waals surface area contributed by atoms with Gasteiger partial charge in [-0.3, -0.25) is 9.89 Å². The lowest BCUT2D eigenvalue weighted by atomic mass is 10.2. The van der Waals surface area contributed by atoms with Crippen molar-refractivity contribution in [2.24, 2.45) is 0 Å². The summed E-state index contributed by atoms with van der Waals surface area (Å²) in [6.07, 6.45) is 0. The Labute approximate surface area is 142 Å². The summed E-state index contributed by atoms with van der Waals surface area (Å²) in [4.78, 5) is 18.0. The van der Waals surface area contributed by atoms with Gasteiger partial charge in [0.15, 0.2) is 5.82 Å². The summed E-state index contributed by atoms with van der Waals surface area (Å²) in [6, 6.07) is 15.7. The summed E-state index contributed by atoms with van der Waals surface area (Å²) in [6.45, 7) is 0. The van der Waals surface area contributed by atoms with Crippen LogP contribution in [-0.2, 0) is 4.79 Å². The fourth-order valence-electron chi connectivity index (χ4n) is 2.10. The maximum absolute atomic E-state index is 13.7. The molecule has 2 aromatic carbocycles. The van der Waals surface area contributed by atoms with Gasteiger partial charge in [0, 0.05) is 12.7 Å². The van der Waals surface area contributed by atoms with Crippen molar-refractivity contribution < 1.29 is 9.18 Å². The van der Waals surface area contributed by atoms with Gasteiger partial charge in [-0.05, 0) is 24.3 Å². The quantitative estimate of drug-likeness (QED) is 0.722. The molecule has 5 nitrogen and oxygen atoms in total. The Balaban J connectivity index is 1.64. The first-order valence-corrected chi connectivity index (χ1v) is 8.25. The molecule has 0 unspecified atom stereocenters. The summed E-state index contributed by atoms with van der Waals surface area (Å²) in [5.74, 6) is 0.105. The van der Waals surface area contributed by atoms with Gasteiger partial charge in [0.2, 0.25) is 11.1 Å². The van der Waals surface area contributed by atoms with Crippen LogP contribution in [0.5, 0.6) is 0 Å². The normalized spacial score (nSPS) is 10.6. The van der Waals surface area contributed by atoms with Crippen LogP contribution in [-0.4, -0.2) is 33.9 Å². The zero-order valence-electron chi connectivity index (χ0n) is 12.9. The van der Waals surface area contributed by atoms with Crippen molar-refractivity contribution in [3.63, 3.8) is 0 Å². The smallest absolute Gasteiger partial charge is 0.237 e. The van der Waals surface area contributed by atoms with Crippen LogP contribution in [0.15, 0.2) is 59.8 Å². The molecule has 24 heavy (non-hydrogen) atoms. The third-order valence-corrected chi connectivity index (χ3v) is 4.27. The molecule has 0 spiro atoms. The standard InChI is InChI=1S/C17H15FN4OS/c1-22(12-7-3-2-4-8-12)15(23)11-24-17-19-16(20-21-17)13-9-5-6-10-14(13)18/h2-10H,11H2,1H3,(H,19,20,21). The lowest BCUT2D eigenvalue weighted by molar-refractivity contribution is -0.115. The zero-order chi connectivity index (χ0) is 16.9. The minimum atomic E-state index is -0.370. The molecule has 1 N–H and O–H groups in total. The largest absolute Gasteiger partial charge is 0.315 e. The van der Waals surface area contributed by atoms with Crippen LogP contribution < -0.4 is 4.90 Å². The first-order valence-electron chi connectivity index (χ1n) is 7.27. The van der Waals surface area contributed by atoms with Gasteiger partial charge in [0.25, 0.3) is 0 Å². The number of hydrogen-bond donors (Lipinski definition) is 1. The Morgan fingerprint density at radius 1 is 1.17 bits per heavy atom. The number of carbonyl (C=O) groups excluding carboxylic acids is 1. The van der Waals surface area contributed by atoms with E-state index >= 15 is 0 Å². The van der Waals surface area contributed by atoms with E-state index in [-0.39, 0.29) is 17.5 Å². The van der Waals surface area contributed by atoms with Crippen LogP contribution in [0.3, 0.4) is 0 Å². The predicted molar refractivity (Wildman–Crippen MR) is 92.4 cm³/mol. The molecule has 1 aromatic heterocycles. The lowest BCUT2D eigenvalue weighted by Gasteiger charge is -2.16. The summed E-state index contributed by atoms with van der Waals surface area (Å²) < 4.78 is 13.7. The molecule has 0 atom stereocenters. The number of H-pyrrole nitrogens is 1. The van der Waals surface area contributed by atoms with Gasteiger partial charge >= 0.3 is 0 Å². The summed E-state index contributed by atoms with van der Waals surface area (Å²) in [5.41, 5.74) is 1.18. The molecule has 1 amide bonds. The van der Waals surface area contributed by atoms with E-state index in [1.54, 1.807) is 30.1 Å². The van der Waals surface area contributed by atoms with Gasteiger partial charge in [-0.2, -0.15) is 0 Å². The summed E-state index contributed by atoms with van der Waals surface area (Å²) in [7, 11) is 1.72. The van der Waals surface area contributed by atoms with Crippen LogP contribution in [0.2, 0.25) is 0 Å².